The van der Waals surface area contributed by atoms with E-state index in [0.29, 0.717) is 0 Å². The van der Waals surface area contributed by atoms with Crippen LogP contribution in [0.4, 0.5) is 8.78 Å². The minimum absolute atomic E-state index is 0.0519. The maximum absolute atomic E-state index is 12.8. The molecule has 0 amide bonds. The Kier molecular flexibility index (Phi) is 2.07. The first-order valence-electron chi connectivity index (χ1n) is 4.07. The van der Waals surface area contributed by atoms with Gasteiger partial charge in [0.25, 0.3) is 0 Å². The third-order valence-corrected chi connectivity index (χ3v) is 1.99. The van der Waals surface area contributed by atoms with Crippen LogP contribution < -0.4 is 0 Å². The molecular formula is C10H5F2NO2. The second-order valence-electron chi connectivity index (χ2n) is 2.94. The van der Waals surface area contributed by atoms with Crippen molar-refractivity contribution in [1.29, 1.82) is 0 Å². The van der Waals surface area contributed by atoms with E-state index >= 15 is 0 Å². The van der Waals surface area contributed by atoms with Gasteiger partial charge in [0.2, 0.25) is 5.95 Å². The number of para-hydroxylation sites is 1. The number of carbonyl (C=O) groups is 1. The molecule has 0 aliphatic carbocycles. The van der Waals surface area contributed by atoms with Crippen LogP contribution >= 0.6 is 0 Å². The Morgan fingerprint density at radius 2 is 2.07 bits per heavy atom. The molecule has 1 aromatic heterocycles. The van der Waals surface area contributed by atoms with Gasteiger partial charge in [0.15, 0.2) is 5.82 Å². The van der Waals surface area contributed by atoms with Crippen LogP contribution in [0.2, 0.25) is 0 Å². The number of carboxylic acid groups (broad SMARTS) is 1. The Bertz CT molecular complexity index is 554. The van der Waals surface area contributed by atoms with Crippen LogP contribution in [0.15, 0.2) is 24.3 Å². The van der Waals surface area contributed by atoms with E-state index in [1.54, 1.807) is 0 Å². The fourth-order valence-corrected chi connectivity index (χ4v) is 1.32. The minimum Gasteiger partial charge on any atom is -0.478 e. The summed E-state index contributed by atoms with van der Waals surface area (Å²) >= 11 is 0. The number of benzene rings is 1. The number of aromatic carboxylic acids is 1. The molecule has 0 aliphatic heterocycles. The van der Waals surface area contributed by atoms with Crippen LogP contribution in [0.25, 0.3) is 10.9 Å². The smallest absolute Gasteiger partial charge is 0.337 e. The number of aromatic nitrogens is 1. The van der Waals surface area contributed by atoms with Crippen molar-refractivity contribution >= 4 is 16.9 Å². The van der Waals surface area contributed by atoms with Crippen molar-refractivity contribution in [2.75, 3.05) is 0 Å². The lowest BCUT2D eigenvalue weighted by atomic mass is 10.1. The molecule has 0 atom stereocenters. The molecule has 1 heterocycles. The predicted octanol–water partition coefficient (Wildman–Crippen LogP) is 2.21. The van der Waals surface area contributed by atoms with Gasteiger partial charge in [0, 0.05) is 5.39 Å². The van der Waals surface area contributed by atoms with Crippen molar-refractivity contribution in [3.05, 3.63) is 41.6 Å². The minimum atomic E-state index is -1.30. The summed E-state index contributed by atoms with van der Waals surface area (Å²) < 4.78 is 25.6. The average molecular weight is 209 g/mol. The molecule has 76 valence electrons. The Hall–Kier alpha value is -2.04. The van der Waals surface area contributed by atoms with Crippen molar-refractivity contribution in [3.8, 4) is 0 Å². The fraction of sp³-hybridized carbons (Fsp3) is 0. The predicted molar refractivity (Wildman–Crippen MR) is 48.6 cm³/mol. The number of carboxylic acids is 1. The molecule has 1 aromatic carbocycles. The van der Waals surface area contributed by atoms with Gasteiger partial charge >= 0.3 is 5.97 Å². The molecule has 0 aliphatic rings. The van der Waals surface area contributed by atoms with E-state index in [-0.39, 0.29) is 16.5 Å². The maximum atomic E-state index is 12.8. The topological polar surface area (TPSA) is 50.2 Å². The summed E-state index contributed by atoms with van der Waals surface area (Å²) in [6.45, 7) is 0. The van der Waals surface area contributed by atoms with Gasteiger partial charge in [-0.1, -0.05) is 12.1 Å². The Balaban J connectivity index is 2.86. The van der Waals surface area contributed by atoms with Crippen molar-refractivity contribution in [1.82, 2.24) is 4.98 Å². The van der Waals surface area contributed by atoms with Gasteiger partial charge in [-0.25, -0.2) is 14.2 Å². The van der Waals surface area contributed by atoms with E-state index < -0.39 is 17.7 Å². The molecule has 2 aromatic rings. The zero-order valence-corrected chi connectivity index (χ0v) is 7.37. The first-order valence-corrected chi connectivity index (χ1v) is 4.07. The standard InChI is InChI=1S/C10H5F2NO2/c11-7-4-5-2-1-3-6(10(14)15)8(5)13-9(7)12/h1-4H,(H,14,15). The third-order valence-electron chi connectivity index (χ3n) is 1.99. The summed E-state index contributed by atoms with van der Waals surface area (Å²) in [6.07, 6.45) is 0. The van der Waals surface area contributed by atoms with Gasteiger partial charge in [-0.15, -0.1) is 0 Å². The highest BCUT2D eigenvalue weighted by atomic mass is 19.2. The number of hydrogen-bond donors (Lipinski definition) is 1. The highest BCUT2D eigenvalue weighted by Crippen LogP contribution is 2.18. The lowest BCUT2D eigenvalue weighted by molar-refractivity contribution is 0.0699. The van der Waals surface area contributed by atoms with E-state index in [9.17, 15) is 13.6 Å². The van der Waals surface area contributed by atoms with Crippen molar-refractivity contribution in [2.24, 2.45) is 0 Å². The summed E-state index contributed by atoms with van der Waals surface area (Å²) in [5.41, 5.74) is -0.199. The molecule has 0 saturated heterocycles. The molecule has 0 saturated carbocycles. The van der Waals surface area contributed by atoms with E-state index in [2.05, 4.69) is 4.98 Å². The number of fused-ring (bicyclic) bond motifs is 1. The van der Waals surface area contributed by atoms with Crippen molar-refractivity contribution < 1.29 is 18.7 Å². The fourth-order valence-electron chi connectivity index (χ4n) is 1.32. The summed E-state index contributed by atoms with van der Waals surface area (Å²) in [6, 6.07) is 5.13. The summed E-state index contributed by atoms with van der Waals surface area (Å²) in [4.78, 5) is 14.0. The van der Waals surface area contributed by atoms with Crippen LogP contribution in [0.5, 0.6) is 0 Å². The summed E-state index contributed by atoms with van der Waals surface area (Å²) in [7, 11) is 0. The highest BCUT2D eigenvalue weighted by Gasteiger charge is 2.12. The van der Waals surface area contributed by atoms with Crippen LogP contribution in [0, 0.1) is 11.8 Å². The van der Waals surface area contributed by atoms with Gasteiger partial charge in [-0.2, -0.15) is 4.39 Å². The van der Waals surface area contributed by atoms with Crippen LogP contribution in [0.1, 0.15) is 10.4 Å². The maximum Gasteiger partial charge on any atom is 0.337 e. The Labute approximate surface area is 83.0 Å². The quantitative estimate of drug-likeness (QED) is 0.732. The second kappa shape index (κ2) is 3.27. The first kappa shape index (κ1) is 9.51. The van der Waals surface area contributed by atoms with Crippen molar-refractivity contribution in [2.45, 2.75) is 0 Å². The Morgan fingerprint density at radius 3 is 2.73 bits per heavy atom. The molecule has 0 bridgehead atoms. The molecule has 2 rings (SSSR count). The first-order chi connectivity index (χ1) is 7.09. The van der Waals surface area contributed by atoms with E-state index in [0.717, 1.165) is 6.07 Å². The molecule has 0 unspecified atom stereocenters. The molecule has 0 radical (unpaired) electrons. The Morgan fingerprint density at radius 1 is 1.33 bits per heavy atom. The van der Waals surface area contributed by atoms with Gasteiger partial charge < -0.3 is 5.11 Å². The van der Waals surface area contributed by atoms with E-state index in [1.807, 2.05) is 0 Å². The van der Waals surface area contributed by atoms with Gasteiger partial charge in [0.05, 0.1) is 11.1 Å². The highest BCUT2D eigenvalue weighted by molar-refractivity contribution is 6.01. The van der Waals surface area contributed by atoms with Gasteiger partial charge in [-0.3, -0.25) is 0 Å². The average Bonchev–Trinajstić information content (AvgIpc) is 2.18. The van der Waals surface area contributed by atoms with E-state index in [1.165, 1.54) is 18.2 Å². The summed E-state index contributed by atoms with van der Waals surface area (Å²) in [5, 5.41) is 9.04. The monoisotopic (exact) mass is 209 g/mol. The SMILES string of the molecule is O=C(O)c1cccc2cc(F)c(F)nc12. The third kappa shape index (κ3) is 1.52. The molecule has 0 spiro atoms. The molecule has 5 heteroatoms. The number of hydrogen-bond acceptors (Lipinski definition) is 2. The van der Waals surface area contributed by atoms with Crippen LogP contribution in [-0.4, -0.2) is 16.1 Å². The number of halogens is 2. The van der Waals surface area contributed by atoms with E-state index in [4.69, 9.17) is 5.11 Å². The molecule has 3 nitrogen and oxygen atoms in total. The van der Waals surface area contributed by atoms with Crippen LogP contribution in [0.3, 0.4) is 0 Å². The molecule has 15 heavy (non-hydrogen) atoms. The van der Waals surface area contributed by atoms with Crippen LogP contribution in [-0.2, 0) is 0 Å². The summed E-state index contributed by atoms with van der Waals surface area (Å²) in [5.74, 6) is -3.61. The zero-order chi connectivity index (χ0) is 11.0. The lowest BCUT2D eigenvalue weighted by Crippen LogP contribution is -2.00. The second-order valence-corrected chi connectivity index (χ2v) is 2.94. The van der Waals surface area contributed by atoms with Gasteiger partial charge in [-0.05, 0) is 12.1 Å². The normalized spacial score (nSPS) is 10.5. The largest absolute Gasteiger partial charge is 0.478 e. The molecular weight excluding hydrogens is 204 g/mol. The zero-order valence-electron chi connectivity index (χ0n) is 7.37. The van der Waals surface area contributed by atoms with Crippen molar-refractivity contribution in [3.63, 3.8) is 0 Å². The molecule has 1 N–H and O–H groups in total. The number of nitrogens with zero attached hydrogens (tertiary/aromatic N) is 1. The van der Waals surface area contributed by atoms with Gasteiger partial charge in [0.1, 0.15) is 0 Å². The number of pyridine rings is 1. The molecule has 0 fully saturated rings. The lowest BCUT2D eigenvalue weighted by Gasteiger charge is -2.01. The number of rotatable bonds is 1.